The first-order valence-corrected chi connectivity index (χ1v) is 30.1. The average Bonchev–Trinajstić information content (AvgIpc) is 1.70. The van der Waals surface area contributed by atoms with Crippen molar-refractivity contribution < 1.29 is 4.42 Å². The summed E-state index contributed by atoms with van der Waals surface area (Å²) in [6, 6.07) is 93.2. The Kier molecular flexibility index (Phi) is 8.55. The number of benzene rings is 11. The van der Waals surface area contributed by atoms with E-state index in [1.54, 1.807) is 0 Å². The third-order valence-electron chi connectivity index (χ3n) is 18.8. The molecule has 7 nitrogen and oxygen atoms in total. The van der Waals surface area contributed by atoms with E-state index in [4.69, 9.17) is 14.4 Å². The Hall–Kier alpha value is -11.3. The zero-order chi connectivity index (χ0) is 55.6. The third-order valence-corrected chi connectivity index (χ3v) is 20.0. The smallest absolute Gasteiger partial charge is 0.160 e. The lowest BCUT2D eigenvalue weighted by atomic mass is 9.97. The van der Waals surface area contributed by atoms with Crippen molar-refractivity contribution in [2.24, 2.45) is 0 Å². The molecule has 0 atom stereocenters. The summed E-state index contributed by atoms with van der Waals surface area (Å²) in [7, 11) is 0. The number of furan rings is 1. The van der Waals surface area contributed by atoms with Crippen LogP contribution in [0.25, 0.3) is 196 Å². The first-order valence-electron chi connectivity index (χ1n) is 29.3. The van der Waals surface area contributed by atoms with Crippen LogP contribution in [0.2, 0.25) is 0 Å². The second-order valence-corrected chi connectivity index (χ2v) is 24.2. The molecule has 0 N–H and O–H groups in total. The van der Waals surface area contributed by atoms with Crippen molar-refractivity contribution in [3.05, 3.63) is 255 Å². The van der Waals surface area contributed by atoms with E-state index < -0.39 is 0 Å². The zero-order valence-electron chi connectivity index (χ0n) is 45.7. The fourth-order valence-electron chi connectivity index (χ4n) is 15.3. The van der Waals surface area contributed by atoms with E-state index in [0.29, 0.717) is 0 Å². The van der Waals surface area contributed by atoms with Crippen LogP contribution in [0, 0.1) is 0 Å². The largest absolute Gasteiger partial charge is 0.454 e. The molecule has 0 aliphatic heterocycles. The van der Waals surface area contributed by atoms with Crippen LogP contribution in [-0.4, -0.2) is 27.9 Å². The van der Waals surface area contributed by atoms with Crippen LogP contribution in [0.15, 0.2) is 259 Å². The van der Waals surface area contributed by atoms with Gasteiger partial charge in [0.05, 0.1) is 55.5 Å². The van der Waals surface area contributed by atoms with Crippen LogP contribution in [0.3, 0.4) is 0 Å². The molecule has 0 amide bonds. The number of hydrogen-bond acceptors (Lipinski definition) is 4. The molecule has 0 bridgehead atoms. The molecule has 0 radical (unpaired) electrons. The summed E-state index contributed by atoms with van der Waals surface area (Å²) in [6.07, 6.45) is 0. The molecule has 0 aliphatic rings. The van der Waals surface area contributed by atoms with Crippen molar-refractivity contribution in [3.8, 4) is 45.0 Å². The SMILES string of the molecule is c1ccc(-c2nc3cccc4c5cc(-n6c7ccccc7c7c(-c8ccc9c%10ccc(-n%11c%12ccccc%12c%12c%13sc%14ccc%15ccccc%15c%14c%13ccc%12%11)cc%10c%10c(-c%11ccccc%11)nc8n9%10)cc8c9ccccc9oc8c76)ccc5c2n34)cc1. The molecule has 21 aromatic rings. The summed E-state index contributed by atoms with van der Waals surface area (Å²) in [5.74, 6) is 0. The van der Waals surface area contributed by atoms with Crippen molar-refractivity contribution in [1.82, 2.24) is 27.9 Å². The van der Waals surface area contributed by atoms with Gasteiger partial charge in [-0.15, -0.1) is 11.3 Å². The van der Waals surface area contributed by atoms with E-state index >= 15 is 0 Å². The summed E-state index contributed by atoms with van der Waals surface area (Å²) >= 11 is 1.91. The van der Waals surface area contributed by atoms with Crippen LogP contribution in [-0.2, 0) is 0 Å². The summed E-state index contributed by atoms with van der Waals surface area (Å²) in [5.41, 5.74) is 20.9. The van der Waals surface area contributed by atoms with Gasteiger partial charge in [-0.1, -0.05) is 170 Å². The van der Waals surface area contributed by atoms with Gasteiger partial charge in [0.25, 0.3) is 0 Å². The minimum Gasteiger partial charge on any atom is -0.454 e. The van der Waals surface area contributed by atoms with Crippen LogP contribution in [0.5, 0.6) is 0 Å². The topological polar surface area (TPSA) is 57.6 Å². The zero-order valence-corrected chi connectivity index (χ0v) is 46.6. The molecule has 0 fully saturated rings. The van der Waals surface area contributed by atoms with Crippen LogP contribution < -0.4 is 0 Å². The Balaban J connectivity index is 0.830. The number of rotatable bonds is 5. The molecule has 10 aromatic heterocycles. The second-order valence-electron chi connectivity index (χ2n) is 23.1. The van der Waals surface area contributed by atoms with E-state index in [0.717, 1.165) is 128 Å². The maximum absolute atomic E-state index is 7.12. The quantitative estimate of drug-likeness (QED) is 0.173. The lowest BCUT2D eigenvalue weighted by Crippen LogP contribution is -1.95. The molecule has 10 heterocycles. The number of hydrogen-bond donors (Lipinski definition) is 0. The molecule has 0 saturated carbocycles. The molecule has 0 saturated heterocycles. The summed E-state index contributed by atoms with van der Waals surface area (Å²) in [5, 5.41) is 16.8. The number of nitrogens with zero attached hydrogens (tertiary/aromatic N) is 6. The van der Waals surface area contributed by atoms with Crippen molar-refractivity contribution in [3.63, 3.8) is 0 Å². The Morgan fingerprint density at radius 1 is 0.337 bits per heavy atom. The summed E-state index contributed by atoms with van der Waals surface area (Å²) < 4.78 is 19.5. The molecule has 396 valence electrons. The first kappa shape index (κ1) is 45.2. The van der Waals surface area contributed by atoms with E-state index in [2.05, 4.69) is 273 Å². The molecule has 11 aromatic carbocycles. The highest BCUT2D eigenvalue weighted by molar-refractivity contribution is 7.27. The van der Waals surface area contributed by atoms with E-state index in [1.165, 1.54) is 68.9 Å². The number of para-hydroxylation sites is 3. The highest BCUT2D eigenvalue weighted by Crippen LogP contribution is 2.51. The predicted octanol–water partition coefficient (Wildman–Crippen LogP) is 21.1. The van der Waals surface area contributed by atoms with Gasteiger partial charge in [0.1, 0.15) is 16.9 Å². The molecule has 86 heavy (non-hydrogen) atoms. The number of thiophene rings is 1. The van der Waals surface area contributed by atoms with Crippen molar-refractivity contribution >= 4 is 163 Å². The van der Waals surface area contributed by atoms with E-state index in [-0.39, 0.29) is 0 Å². The average molecular weight is 1110 g/mol. The number of pyridine rings is 2. The lowest BCUT2D eigenvalue weighted by molar-refractivity contribution is 0.671. The number of aromatic nitrogens is 6. The van der Waals surface area contributed by atoms with E-state index in [1.807, 2.05) is 11.3 Å². The lowest BCUT2D eigenvalue weighted by Gasteiger charge is -2.11. The van der Waals surface area contributed by atoms with Gasteiger partial charge < -0.3 is 13.6 Å². The van der Waals surface area contributed by atoms with Gasteiger partial charge >= 0.3 is 0 Å². The van der Waals surface area contributed by atoms with Crippen molar-refractivity contribution in [2.75, 3.05) is 0 Å². The van der Waals surface area contributed by atoms with Gasteiger partial charge in [0.15, 0.2) is 5.58 Å². The maximum atomic E-state index is 7.12. The minimum absolute atomic E-state index is 0.850. The van der Waals surface area contributed by atoms with Crippen LogP contribution in [0.1, 0.15) is 0 Å². The Morgan fingerprint density at radius 3 is 1.79 bits per heavy atom. The molecule has 0 aliphatic carbocycles. The highest BCUT2D eigenvalue weighted by atomic mass is 32.1. The third kappa shape index (κ3) is 5.71. The number of imidazole rings is 2. The molecule has 8 heteroatoms. The van der Waals surface area contributed by atoms with Gasteiger partial charge in [0.2, 0.25) is 0 Å². The minimum atomic E-state index is 0.850. The Labute approximate surface area is 491 Å². The normalized spacial score (nSPS) is 12.7. The summed E-state index contributed by atoms with van der Waals surface area (Å²) in [6.45, 7) is 0. The van der Waals surface area contributed by atoms with Crippen LogP contribution in [0.4, 0.5) is 0 Å². The van der Waals surface area contributed by atoms with Gasteiger partial charge in [-0.3, -0.25) is 8.80 Å². The molecule has 0 spiro atoms. The van der Waals surface area contributed by atoms with Gasteiger partial charge in [-0.05, 0) is 101 Å². The molecular weight excluding hydrogens is 1070 g/mol. The van der Waals surface area contributed by atoms with Gasteiger partial charge in [-0.25, -0.2) is 9.97 Å². The highest BCUT2D eigenvalue weighted by Gasteiger charge is 2.29. The predicted molar refractivity (Wildman–Crippen MR) is 359 cm³/mol. The molecular formula is C78H42N6OS. The van der Waals surface area contributed by atoms with Crippen LogP contribution >= 0.6 is 11.3 Å². The summed E-state index contributed by atoms with van der Waals surface area (Å²) in [4.78, 5) is 11.0. The first-order chi connectivity index (χ1) is 42.7. The fourth-order valence-corrected chi connectivity index (χ4v) is 16.6. The maximum Gasteiger partial charge on any atom is 0.160 e. The van der Waals surface area contributed by atoms with Crippen molar-refractivity contribution in [1.29, 1.82) is 0 Å². The molecule has 0 unspecified atom stereocenters. The Bertz CT molecular complexity index is 6510. The van der Waals surface area contributed by atoms with E-state index in [9.17, 15) is 0 Å². The van der Waals surface area contributed by atoms with Gasteiger partial charge in [0, 0.05) is 102 Å². The van der Waals surface area contributed by atoms with Gasteiger partial charge in [-0.2, -0.15) is 0 Å². The second kappa shape index (κ2) is 16.3. The standard InChI is InChI=1S/C78H42N6OS/c1-3-17-44(18-4-1)71-73-51-34-32-47(40-56(51)62-27-15-29-67(79-71)83(62)73)82-61-26-13-9-23-53(61)69-57(42-59-50-22-11-14-28-65(50)85-76(59)75(69)82)52-35-37-63-49-33-31-46(41-58(49)74-72(80-78(52)84(63)74)45-19-5-2-6-20-45)81-60-25-12-10-24-54(60)70-64(81)38-36-55-68-48-21-8-7-16-43(48)30-39-66(68)86-77(55)70/h1-42H. The number of fused-ring (bicyclic) bond motifs is 22. The monoisotopic (exact) mass is 1110 g/mol. The Morgan fingerprint density at radius 2 is 0.965 bits per heavy atom. The molecule has 21 rings (SSSR count). The fraction of sp³-hybridized carbons (Fsp3) is 0. The van der Waals surface area contributed by atoms with Crippen molar-refractivity contribution in [2.45, 2.75) is 0 Å².